The molecule has 3 heterocycles. The predicted molar refractivity (Wildman–Crippen MR) is 105 cm³/mol. The highest BCUT2D eigenvalue weighted by molar-refractivity contribution is 5.71. The van der Waals surface area contributed by atoms with Crippen LogP contribution in [0.15, 0.2) is 51.8 Å². The van der Waals surface area contributed by atoms with Gasteiger partial charge in [0.1, 0.15) is 29.8 Å². The molecule has 0 saturated carbocycles. The van der Waals surface area contributed by atoms with Crippen molar-refractivity contribution in [2.75, 3.05) is 11.9 Å². The Balaban J connectivity index is 1.49. The van der Waals surface area contributed by atoms with Gasteiger partial charge in [0, 0.05) is 5.69 Å². The van der Waals surface area contributed by atoms with Crippen molar-refractivity contribution in [3.05, 3.63) is 41.8 Å². The molecule has 0 radical (unpaired) electrons. The van der Waals surface area contributed by atoms with Gasteiger partial charge in [0.05, 0.1) is 25.4 Å². The lowest BCUT2D eigenvalue weighted by molar-refractivity contribution is -0.0909. The summed E-state index contributed by atoms with van der Waals surface area (Å²) in [5, 5.41) is 27.2. The summed E-state index contributed by atoms with van der Waals surface area (Å²) in [6, 6.07) is 9.73. The van der Waals surface area contributed by atoms with Gasteiger partial charge < -0.3 is 35.2 Å². The summed E-state index contributed by atoms with van der Waals surface area (Å²) in [6.07, 6.45) is -0.798. The highest BCUT2D eigenvalue weighted by Crippen LogP contribution is 2.32. The molecule has 9 nitrogen and oxygen atoms in total. The van der Waals surface area contributed by atoms with Gasteiger partial charge in [-0.2, -0.15) is 0 Å². The zero-order valence-corrected chi connectivity index (χ0v) is 15.8. The van der Waals surface area contributed by atoms with Crippen LogP contribution in [-0.2, 0) is 9.47 Å². The van der Waals surface area contributed by atoms with Gasteiger partial charge in [0.25, 0.3) is 0 Å². The van der Waals surface area contributed by atoms with E-state index in [0.717, 1.165) is 5.69 Å². The number of nitrogens with one attached hydrogen (secondary N) is 2. The van der Waals surface area contributed by atoms with Crippen LogP contribution in [0.25, 0.3) is 0 Å². The van der Waals surface area contributed by atoms with E-state index in [1.54, 1.807) is 17.6 Å². The van der Waals surface area contributed by atoms with Crippen molar-refractivity contribution in [3.8, 4) is 0 Å². The molecule has 3 aliphatic rings. The minimum atomic E-state index is -1.10. The normalized spacial score (nSPS) is 31.5. The second kappa shape index (κ2) is 7.88. The lowest BCUT2D eigenvalue weighted by Gasteiger charge is -2.31. The largest absolute Gasteiger partial charge is 0.387 e. The zero-order chi connectivity index (χ0) is 19.7. The molecule has 28 heavy (non-hydrogen) atoms. The number of aliphatic hydroxyl groups excluding tert-OH is 2. The van der Waals surface area contributed by atoms with Crippen molar-refractivity contribution in [2.24, 2.45) is 9.98 Å². The Morgan fingerprint density at radius 3 is 2.79 bits per heavy atom. The summed E-state index contributed by atoms with van der Waals surface area (Å²) in [5.41, 5.74) is 1.59. The van der Waals surface area contributed by atoms with Crippen molar-refractivity contribution in [2.45, 2.75) is 50.7 Å². The van der Waals surface area contributed by atoms with Crippen LogP contribution < -0.4 is 10.6 Å². The molecular weight excluding hydrogens is 362 g/mol. The number of rotatable bonds is 6. The Hall–Kier alpha value is -2.46. The fraction of sp³-hybridized carbons (Fsp3) is 0.474. The first kappa shape index (κ1) is 18.9. The van der Waals surface area contributed by atoms with Gasteiger partial charge >= 0.3 is 0 Å². The molecule has 0 amide bonds. The lowest BCUT2D eigenvalue weighted by Crippen LogP contribution is -2.47. The molecule has 1 aromatic carbocycles. The number of hydrogen-bond donors (Lipinski definition) is 4. The number of fused-ring (bicyclic) bond motifs is 1. The van der Waals surface area contributed by atoms with E-state index in [1.165, 1.54) is 0 Å². The summed E-state index contributed by atoms with van der Waals surface area (Å²) in [6.45, 7) is 4.02. The van der Waals surface area contributed by atoms with Gasteiger partial charge in [-0.25, -0.2) is 9.98 Å². The molecule has 0 bridgehead atoms. The lowest BCUT2D eigenvalue weighted by atomic mass is 10.1. The maximum Gasteiger partial charge on any atom is 0.172 e. The molecule has 0 spiro atoms. The van der Waals surface area contributed by atoms with Crippen LogP contribution in [0.5, 0.6) is 0 Å². The van der Waals surface area contributed by atoms with Gasteiger partial charge in [-0.3, -0.25) is 0 Å². The highest BCUT2D eigenvalue weighted by Gasteiger charge is 2.48. The quantitative estimate of drug-likeness (QED) is 0.561. The number of nitrogens with zero attached hydrogens (tertiary/aromatic N) is 3. The Bertz CT molecular complexity index is 782. The van der Waals surface area contributed by atoms with Gasteiger partial charge in [-0.15, -0.1) is 0 Å². The van der Waals surface area contributed by atoms with E-state index in [0.29, 0.717) is 11.5 Å². The third-order valence-corrected chi connectivity index (χ3v) is 4.81. The van der Waals surface area contributed by atoms with Crippen LogP contribution in [0, 0.1) is 0 Å². The second-order valence-corrected chi connectivity index (χ2v) is 7.17. The maximum absolute atomic E-state index is 10.5. The highest BCUT2D eigenvalue weighted by atomic mass is 16.6. The average molecular weight is 387 g/mol. The summed E-state index contributed by atoms with van der Waals surface area (Å²) in [7, 11) is 0. The molecule has 1 fully saturated rings. The molecule has 0 aliphatic carbocycles. The molecule has 1 saturated heterocycles. The maximum atomic E-state index is 10.5. The van der Waals surface area contributed by atoms with E-state index in [4.69, 9.17) is 9.47 Å². The van der Waals surface area contributed by atoms with Crippen LogP contribution in [0.2, 0.25) is 0 Å². The molecule has 3 aliphatic heterocycles. The Morgan fingerprint density at radius 1 is 1.25 bits per heavy atom. The molecular formula is C19H25N5O4. The summed E-state index contributed by atoms with van der Waals surface area (Å²) >= 11 is 0. The van der Waals surface area contributed by atoms with Crippen molar-refractivity contribution < 1.29 is 19.7 Å². The van der Waals surface area contributed by atoms with Crippen LogP contribution >= 0.6 is 0 Å². The van der Waals surface area contributed by atoms with Crippen LogP contribution in [-0.4, -0.2) is 71.2 Å². The topological polar surface area (TPSA) is 111 Å². The fourth-order valence-corrected chi connectivity index (χ4v) is 3.36. The van der Waals surface area contributed by atoms with E-state index in [9.17, 15) is 10.2 Å². The predicted octanol–water partition coefficient (Wildman–Crippen LogP) is 0.441. The Labute approximate surface area is 163 Å². The van der Waals surface area contributed by atoms with Gasteiger partial charge in [0.15, 0.2) is 12.4 Å². The smallest absolute Gasteiger partial charge is 0.172 e. The van der Waals surface area contributed by atoms with Crippen LogP contribution in [0.4, 0.5) is 5.69 Å². The third kappa shape index (κ3) is 3.61. The standard InChI is InChI=1S/C19H25N5O4/c1-11(2)27-8-13-15(25)16(26)19(28-13)24-10-22-14-17(20-9-21-18(14)24)23-12-6-4-3-5-7-12/h3-7,9-11,13,15-16,18-19,23,25-26H,8H2,1-2H3,(H,20,21)/t13-,15-,16-,18?,19-/m1/s1. The molecule has 9 heteroatoms. The SMILES string of the molecule is CC(C)OC[C@H]1O[C@@H](N2C=NC3=C(Nc4ccccc4)NC=NC32)[C@H](O)[C@@H]1O. The van der Waals surface area contributed by atoms with Gasteiger partial charge in [-0.05, 0) is 26.0 Å². The molecule has 0 aromatic heterocycles. The average Bonchev–Trinajstić information content (AvgIpc) is 3.24. The zero-order valence-electron chi connectivity index (χ0n) is 15.8. The molecule has 150 valence electrons. The second-order valence-electron chi connectivity index (χ2n) is 7.17. The van der Waals surface area contributed by atoms with Crippen molar-refractivity contribution in [1.29, 1.82) is 0 Å². The number of anilines is 1. The minimum absolute atomic E-state index is 0.00974. The molecule has 5 atom stereocenters. The molecule has 4 rings (SSSR count). The third-order valence-electron chi connectivity index (χ3n) is 4.81. The molecule has 1 aromatic rings. The van der Waals surface area contributed by atoms with Gasteiger partial charge in [0.2, 0.25) is 0 Å². The molecule has 4 N–H and O–H groups in total. The number of ether oxygens (including phenoxy) is 2. The van der Waals surface area contributed by atoms with Crippen molar-refractivity contribution in [3.63, 3.8) is 0 Å². The van der Waals surface area contributed by atoms with Crippen LogP contribution in [0.3, 0.4) is 0 Å². The molecule has 1 unspecified atom stereocenters. The first-order valence-electron chi connectivity index (χ1n) is 9.34. The van der Waals surface area contributed by atoms with E-state index in [2.05, 4.69) is 20.6 Å². The summed E-state index contributed by atoms with van der Waals surface area (Å²) < 4.78 is 11.4. The number of benzene rings is 1. The van der Waals surface area contributed by atoms with Gasteiger partial charge in [-0.1, -0.05) is 18.2 Å². The van der Waals surface area contributed by atoms with Crippen molar-refractivity contribution >= 4 is 18.4 Å². The van der Waals surface area contributed by atoms with E-state index < -0.39 is 30.7 Å². The van der Waals surface area contributed by atoms with E-state index in [-0.39, 0.29) is 12.7 Å². The summed E-state index contributed by atoms with van der Waals surface area (Å²) in [4.78, 5) is 10.6. The number of hydrogen-bond acceptors (Lipinski definition) is 9. The number of aliphatic imine (C=N–C) groups is 2. The number of para-hydroxylation sites is 1. The minimum Gasteiger partial charge on any atom is -0.387 e. The van der Waals surface area contributed by atoms with E-state index in [1.807, 2.05) is 44.2 Å². The first-order valence-corrected chi connectivity index (χ1v) is 9.34. The van der Waals surface area contributed by atoms with Crippen molar-refractivity contribution in [1.82, 2.24) is 10.2 Å². The first-order chi connectivity index (χ1) is 13.5. The monoisotopic (exact) mass is 387 g/mol. The summed E-state index contributed by atoms with van der Waals surface area (Å²) in [5.74, 6) is 0.706. The fourth-order valence-electron chi connectivity index (χ4n) is 3.36. The Morgan fingerprint density at radius 2 is 2.04 bits per heavy atom. The van der Waals surface area contributed by atoms with Crippen LogP contribution in [0.1, 0.15) is 13.8 Å². The number of aliphatic hydroxyl groups is 2. The Kier molecular flexibility index (Phi) is 5.31. The van der Waals surface area contributed by atoms with E-state index >= 15 is 0 Å².